The molecule has 1 atom stereocenters. The van der Waals surface area contributed by atoms with E-state index in [0.717, 1.165) is 22.4 Å². The number of nitrogens with zero attached hydrogens (tertiary/aromatic N) is 1. The third kappa shape index (κ3) is 5.21. The first-order chi connectivity index (χ1) is 13.2. The summed E-state index contributed by atoms with van der Waals surface area (Å²) < 4.78 is 16.6. The number of carbonyl (C=O) groups is 1. The van der Waals surface area contributed by atoms with E-state index >= 15 is 0 Å². The SMILES string of the molecule is CCOC(Cc1ccc(OCCNc2nc3ccccc3o2)cc1)C(N)=O. The van der Waals surface area contributed by atoms with Crippen molar-refractivity contribution in [1.82, 2.24) is 4.98 Å². The van der Waals surface area contributed by atoms with Crippen molar-refractivity contribution in [3.05, 3.63) is 54.1 Å². The van der Waals surface area contributed by atoms with Crippen LogP contribution >= 0.6 is 0 Å². The van der Waals surface area contributed by atoms with Crippen LogP contribution in [0.25, 0.3) is 11.1 Å². The summed E-state index contributed by atoms with van der Waals surface area (Å²) in [5, 5.41) is 3.10. The van der Waals surface area contributed by atoms with E-state index in [-0.39, 0.29) is 0 Å². The number of hydrogen-bond donors (Lipinski definition) is 2. The molecule has 1 heterocycles. The molecule has 142 valence electrons. The summed E-state index contributed by atoms with van der Waals surface area (Å²) in [7, 11) is 0. The van der Waals surface area contributed by atoms with Gasteiger partial charge in [0.2, 0.25) is 5.91 Å². The molecule has 1 amide bonds. The smallest absolute Gasteiger partial charge is 0.295 e. The van der Waals surface area contributed by atoms with Crippen molar-refractivity contribution in [2.75, 3.05) is 25.1 Å². The number of nitrogens with one attached hydrogen (secondary N) is 1. The van der Waals surface area contributed by atoms with Crippen LogP contribution in [0.2, 0.25) is 0 Å². The monoisotopic (exact) mass is 369 g/mol. The number of benzene rings is 2. The Bertz CT molecular complexity index is 843. The molecule has 1 aromatic heterocycles. The number of nitrogens with two attached hydrogens (primary N) is 1. The molecule has 0 bridgehead atoms. The van der Waals surface area contributed by atoms with E-state index in [1.165, 1.54) is 0 Å². The Labute approximate surface area is 157 Å². The fourth-order valence-corrected chi connectivity index (χ4v) is 2.65. The fourth-order valence-electron chi connectivity index (χ4n) is 2.65. The van der Waals surface area contributed by atoms with Gasteiger partial charge >= 0.3 is 0 Å². The van der Waals surface area contributed by atoms with Crippen LogP contribution < -0.4 is 15.8 Å². The lowest BCUT2D eigenvalue weighted by molar-refractivity contribution is -0.129. The lowest BCUT2D eigenvalue weighted by atomic mass is 10.1. The average Bonchev–Trinajstić information content (AvgIpc) is 3.09. The van der Waals surface area contributed by atoms with Gasteiger partial charge in [-0.3, -0.25) is 4.79 Å². The Balaban J connectivity index is 1.45. The molecule has 3 aromatic rings. The molecular weight excluding hydrogens is 346 g/mol. The first kappa shape index (κ1) is 18.7. The zero-order chi connectivity index (χ0) is 19.1. The second-order valence-corrected chi connectivity index (χ2v) is 5.96. The number of primary amides is 1. The van der Waals surface area contributed by atoms with Gasteiger partial charge in [-0.1, -0.05) is 24.3 Å². The summed E-state index contributed by atoms with van der Waals surface area (Å²) in [5.74, 6) is 0.285. The Morgan fingerprint density at radius 3 is 2.70 bits per heavy atom. The maximum Gasteiger partial charge on any atom is 0.295 e. The van der Waals surface area contributed by atoms with Crippen molar-refractivity contribution >= 4 is 23.0 Å². The Hall–Kier alpha value is -3.06. The molecule has 3 N–H and O–H groups in total. The van der Waals surface area contributed by atoms with Gasteiger partial charge in [-0.05, 0) is 36.8 Å². The molecule has 0 radical (unpaired) electrons. The Kier molecular flexibility index (Phi) is 6.27. The summed E-state index contributed by atoms with van der Waals surface area (Å²) in [6, 6.07) is 15.6. The van der Waals surface area contributed by atoms with Crippen molar-refractivity contribution in [2.24, 2.45) is 5.73 Å². The number of oxazole rings is 1. The predicted molar refractivity (Wildman–Crippen MR) is 103 cm³/mol. The average molecular weight is 369 g/mol. The van der Waals surface area contributed by atoms with E-state index in [1.54, 1.807) is 0 Å². The molecule has 3 rings (SSSR count). The number of ether oxygens (including phenoxy) is 2. The molecular formula is C20H23N3O4. The highest BCUT2D eigenvalue weighted by atomic mass is 16.5. The van der Waals surface area contributed by atoms with E-state index in [1.807, 2.05) is 55.5 Å². The summed E-state index contributed by atoms with van der Waals surface area (Å²) in [6.07, 6.45) is -0.162. The Morgan fingerprint density at radius 1 is 1.22 bits per heavy atom. The van der Waals surface area contributed by atoms with Crippen LogP contribution in [0.1, 0.15) is 12.5 Å². The van der Waals surface area contributed by atoms with E-state index < -0.39 is 12.0 Å². The molecule has 0 saturated carbocycles. The third-order valence-corrected chi connectivity index (χ3v) is 3.97. The molecule has 2 aromatic carbocycles. The van der Waals surface area contributed by atoms with E-state index in [0.29, 0.717) is 32.2 Å². The second kappa shape index (κ2) is 9.05. The van der Waals surface area contributed by atoms with Crippen LogP contribution in [0.4, 0.5) is 6.01 Å². The molecule has 0 spiro atoms. The van der Waals surface area contributed by atoms with Crippen molar-refractivity contribution in [3.8, 4) is 5.75 Å². The molecule has 27 heavy (non-hydrogen) atoms. The molecule has 0 aliphatic rings. The maximum atomic E-state index is 11.4. The highest BCUT2D eigenvalue weighted by molar-refractivity contribution is 5.79. The van der Waals surface area contributed by atoms with Crippen molar-refractivity contribution < 1.29 is 18.7 Å². The minimum Gasteiger partial charge on any atom is -0.492 e. The zero-order valence-electron chi connectivity index (χ0n) is 15.2. The predicted octanol–water partition coefficient (Wildman–Crippen LogP) is 2.75. The van der Waals surface area contributed by atoms with Crippen LogP contribution in [0.5, 0.6) is 5.75 Å². The number of fused-ring (bicyclic) bond motifs is 1. The highest BCUT2D eigenvalue weighted by Crippen LogP contribution is 2.18. The van der Waals surface area contributed by atoms with Gasteiger partial charge < -0.3 is 24.9 Å². The minimum absolute atomic E-state index is 0.446. The number of aromatic nitrogens is 1. The lowest BCUT2D eigenvalue weighted by Gasteiger charge is -2.13. The van der Waals surface area contributed by atoms with Crippen molar-refractivity contribution in [3.63, 3.8) is 0 Å². The number of carbonyl (C=O) groups excluding carboxylic acids is 1. The third-order valence-electron chi connectivity index (χ3n) is 3.97. The minimum atomic E-state index is -0.609. The van der Waals surface area contributed by atoms with Gasteiger partial charge in [0, 0.05) is 13.0 Å². The maximum absolute atomic E-state index is 11.4. The second-order valence-electron chi connectivity index (χ2n) is 5.96. The molecule has 0 saturated heterocycles. The molecule has 7 heteroatoms. The largest absolute Gasteiger partial charge is 0.492 e. The van der Waals surface area contributed by atoms with E-state index in [9.17, 15) is 4.79 Å². The van der Waals surface area contributed by atoms with Crippen LogP contribution in [0.3, 0.4) is 0 Å². The van der Waals surface area contributed by atoms with Gasteiger partial charge in [0.25, 0.3) is 6.01 Å². The number of hydrogen-bond acceptors (Lipinski definition) is 6. The lowest BCUT2D eigenvalue weighted by Crippen LogP contribution is -2.33. The normalized spacial score (nSPS) is 12.0. The van der Waals surface area contributed by atoms with Crippen LogP contribution in [-0.2, 0) is 16.0 Å². The van der Waals surface area contributed by atoms with E-state index in [2.05, 4.69) is 10.3 Å². The summed E-state index contributed by atoms with van der Waals surface area (Å²) in [5.41, 5.74) is 7.87. The molecule has 0 aliphatic heterocycles. The zero-order valence-corrected chi connectivity index (χ0v) is 15.2. The van der Waals surface area contributed by atoms with Gasteiger partial charge in [0.05, 0.1) is 6.54 Å². The highest BCUT2D eigenvalue weighted by Gasteiger charge is 2.15. The molecule has 7 nitrogen and oxygen atoms in total. The van der Waals surface area contributed by atoms with Crippen molar-refractivity contribution in [2.45, 2.75) is 19.4 Å². The van der Waals surface area contributed by atoms with Gasteiger partial charge in [0.15, 0.2) is 5.58 Å². The number of anilines is 1. The topological polar surface area (TPSA) is 99.6 Å². The van der Waals surface area contributed by atoms with E-state index in [4.69, 9.17) is 19.6 Å². The quantitative estimate of drug-likeness (QED) is 0.533. The first-order valence-electron chi connectivity index (χ1n) is 8.88. The van der Waals surface area contributed by atoms with Gasteiger partial charge in [-0.25, -0.2) is 0 Å². The fraction of sp³-hybridized carbons (Fsp3) is 0.300. The summed E-state index contributed by atoms with van der Waals surface area (Å²) >= 11 is 0. The van der Waals surface area contributed by atoms with Gasteiger partial charge in [-0.15, -0.1) is 0 Å². The van der Waals surface area contributed by atoms with Gasteiger partial charge in [0.1, 0.15) is 24.0 Å². The first-order valence-corrected chi connectivity index (χ1v) is 8.88. The molecule has 0 aliphatic carbocycles. The molecule has 0 fully saturated rings. The van der Waals surface area contributed by atoms with Gasteiger partial charge in [-0.2, -0.15) is 4.98 Å². The Morgan fingerprint density at radius 2 is 2.00 bits per heavy atom. The van der Waals surface area contributed by atoms with Crippen molar-refractivity contribution in [1.29, 1.82) is 0 Å². The summed E-state index contributed by atoms with van der Waals surface area (Å²) in [6.45, 7) is 3.30. The number of para-hydroxylation sites is 2. The van der Waals surface area contributed by atoms with Crippen LogP contribution in [0, 0.1) is 0 Å². The van der Waals surface area contributed by atoms with Crippen LogP contribution in [-0.4, -0.2) is 36.8 Å². The number of rotatable bonds is 10. The summed E-state index contributed by atoms with van der Waals surface area (Å²) in [4.78, 5) is 15.7. The standard InChI is InChI=1S/C20H23N3O4/c1-2-25-18(19(21)24)13-14-7-9-15(10-8-14)26-12-11-22-20-23-16-5-3-4-6-17(16)27-20/h3-10,18H,2,11-13H2,1H3,(H2,21,24)(H,22,23). The molecule has 1 unspecified atom stereocenters. The van der Waals surface area contributed by atoms with Crippen LogP contribution in [0.15, 0.2) is 52.9 Å². The number of amides is 1.